The number of rotatable bonds is 9. The number of nitrogens with zero attached hydrogens (tertiary/aromatic N) is 3. The molecule has 0 aliphatic heterocycles. The summed E-state index contributed by atoms with van der Waals surface area (Å²) < 4.78 is 6.86. The summed E-state index contributed by atoms with van der Waals surface area (Å²) in [4.78, 5) is 27.4. The largest absolute Gasteiger partial charge is 0.465 e. The summed E-state index contributed by atoms with van der Waals surface area (Å²) in [6.07, 6.45) is 2.61. The lowest BCUT2D eigenvalue weighted by Crippen LogP contribution is -2.30. The monoisotopic (exact) mass is 451 g/mol. The Morgan fingerprint density at radius 2 is 2.00 bits per heavy atom. The van der Waals surface area contributed by atoms with Gasteiger partial charge in [0.1, 0.15) is 5.00 Å². The molecular formula is C20H29N5O3S2. The van der Waals surface area contributed by atoms with E-state index in [-0.39, 0.29) is 5.91 Å². The second kappa shape index (κ2) is 11.1. The van der Waals surface area contributed by atoms with Crippen LogP contribution in [0.15, 0.2) is 12.3 Å². The van der Waals surface area contributed by atoms with E-state index in [4.69, 9.17) is 17.0 Å². The number of nitrogens with one attached hydrogen (secondary N) is 2. The van der Waals surface area contributed by atoms with Gasteiger partial charge in [-0.05, 0) is 58.0 Å². The Balaban J connectivity index is 2.08. The van der Waals surface area contributed by atoms with E-state index < -0.39 is 5.97 Å². The van der Waals surface area contributed by atoms with Gasteiger partial charge in [0.25, 0.3) is 5.91 Å². The Bertz CT molecular complexity index is 902. The number of esters is 1. The molecule has 0 saturated heterocycles. The number of thiophene rings is 1. The Hall–Kier alpha value is -2.46. The van der Waals surface area contributed by atoms with Crippen molar-refractivity contribution in [3.8, 4) is 0 Å². The highest BCUT2D eigenvalue weighted by Crippen LogP contribution is 2.34. The molecule has 2 aromatic rings. The van der Waals surface area contributed by atoms with Gasteiger partial charge in [-0.3, -0.25) is 9.48 Å². The van der Waals surface area contributed by atoms with Crippen LogP contribution in [0.4, 0.5) is 5.00 Å². The van der Waals surface area contributed by atoms with E-state index in [1.807, 2.05) is 31.5 Å². The van der Waals surface area contributed by atoms with Crippen LogP contribution in [0, 0.1) is 13.8 Å². The number of carbonyl (C=O) groups is 2. The van der Waals surface area contributed by atoms with Gasteiger partial charge >= 0.3 is 5.97 Å². The predicted molar refractivity (Wildman–Crippen MR) is 123 cm³/mol. The van der Waals surface area contributed by atoms with Gasteiger partial charge < -0.3 is 20.3 Å². The maximum absolute atomic E-state index is 12.8. The first kappa shape index (κ1) is 23.8. The van der Waals surface area contributed by atoms with Crippen molar-refractivity contribution in [3.63, 3.8) is 0 Å². The minimum Gasteiger partial charge on any atom is -0.465 e. The van der Waals surface area contributed by atoms with Crippen LogP contribution >= 0.6 is 23.6 Å². The van der Waals surface area contributed by atoms with Crippen LogP contribution in [-0.2, 0) is 11.3 Å². The fourth-order valence-corrected chi connectivity index (χ4v) is 4.45. The highest BCUT2D eigenvalue weighted by Gasteiger charge is 2.27. The van der Waals surface area contributed by atoms with Crippen LogP contribution < -0.4 is 10.6 Å². The second-order valence-corrected chi connectivity index (χ2v) is 8.09. The molecule has 8 nitrogen and oxygen atoms in total. The zero-order valence-corrected chi connectivity index (χ0v) is 19.7. The first-order chi connectivity index (χ1) is 14.3. The van der Waals surface area contributed by atoms with Crippen LogP contribution in [0.5, 0.6) is 0 Å². The van der Waals surface area contributed by atoms with E-state index in [1.165, 1.54) is 18.4 Å². The highest BCUT2D eigenvalue weighted by molar-refractivity contribution is 7.80. The lowest BCUT2D eigenvalue weighted by molar-refractivity contribution is 0.0601. The lowest BCUT2D eigenvalue weighted by atomic mass is 10.1. The van der Waals surface area contributed by atoms with Crippen LogP contribution in [0.1, 0.15) is 51.6 Å². The van der Waals surface area contributed by atoms with Crippen molar-refractivity contribution in [3.05, 3.63) is 34.0 Å². The fraction of sp³-hybridized carbons (Fsp3) is 0.500. The van der Waals surface area contributed by atoms with Crippen molar-refractivity contribution in [2.24, 2.45) is 0 Å². The minimum atomic E-state index is -0.498. The highest BCUT2D eigenvalue weighted by atomic mass is 32.1. The van der Waals surface area contributed by atoms with Crippen molar-refractivity contribution in [2.45, 2.75) is 40.7 Å². The molecule has 30 heavy (non-hydrogen) atoms. The molecule has 0 bridgehead atoms. The first-order valence-corrected chi connectivity index (χ1v) is 11.1. The molecular weight excluding hydrogens is 422 g/mol. The Morgan fingerprint density at radius 1 is 1.30 bits per heavy atom. The lowest BCUT2D eigenvalue weighted by Gasteiger charge is -2.17. The van der Waals surface area contributed by atoms with E-state index in [1.54, 1.807) is 18.0 Å². The number of anilines is 1. The molecule has 0 spiro atoms. The molecule has 2 rings (SSSR count). The predicted octanol–water partition coefficient (Wildman–Crippen LogP) is 3.21. The van der Waals surface area contributed by atoms with E-state index in [9.17, 15) is 9.59 Å². The van der Waals surface area contributed by atoms with Crippen molar-refractivity contribution < 1.29 is 14.3 Å². The Kier molecular flexibility index (Phi) is 8.79. The number of aryl methyl sites for hydroxylation is 2. The summed E-state index contributed by atoms with van der Waals surface area (Å²) in [6.45, 7) is 10.2. The molecule has 1 amide bonds. The van der Waals surface area contributed by atoms with E-state index in [0.717, 1.165) is 18.7 Å². The number of thiocarbonyl (C=S) groups is 1. The zero-order valence-electron chi connectivity index (χ0n) is 18.1. The number of hydrogen-bond donors (Lipinski definition) is 2. The molecule has 0 aliphatic carbocycles. The van der Waals surface area contributed by atoms with Crippen molar-refractivity contribution in [1.82, 2.24) is 20.0 Å². The Labute approximate surface area is 186 Å². The van der Waals surface area contributed by atoms with E-state index >= 15 is 0 Å². The summed E-state index contributed by atoms with van der Waals surface area (Å²) in [5, 5.41) is 11.4. The van der Waals surface area contributed by atoms with Crippen LogP contribution in [0.25, 0.3) is 0 Å². The topological polar surface area (TPSA) is 88.5 Å². The van der Waals surface area contributed by atoms with Crippen LogP contribution in [-0.4, -0.2) is 58.4 Å². The molecule has 0 radical (unpaired) electrons. The number of amides is 1. The Morgan fingerprint density at radius 3 is 2.57 bits per heavy atom. The number of hydrogen-bond acceptors (Lipinski definition) is 6. The molecule has 2 heterocycles. The molecule has 2 aromatic heterocycles. The van der Waals surface area contributed by atoms with Gasteiger partial charge in [0.2, 0.25) is 0 Å². The standard InChI is InChI=1S/C20H29N5O3S2/c1-6-24(7-2)18(26)16-14(4)15(19(27)28-5)17(30-16)23-20(29)21-10-8-12-25-13(3)9-11-22-25/h9,11H,6-8,10,12H2,1-5H3,(H2,21,23,29). The van der Waals surface area contributed by atoms with Crippen molar-refractivity contribution in [2.75, 3.05) is 32.1 Å². The summed E-state index contributed by atoms with van der Waals surface area (Å²) in [6, 6.07) is 1.96. The molecule has 0 saturated carbocycles. The molecule has 0 atom stereocenters. The molecule has 0 unspecified atom stereocenters. The third kappa shape index (κ3) is 5.57. The van der Waals surface area contributed by atoms with Gasteiger partial charge in [-0.15, -0.1) is 11.3 Å². The number of aromatic nitrogens is 2. The van der Waals surface area contributed by atoms with Gasteiger partial charge in [0.05, 0.1) is 17.6 Å². The number of ether oxygens (including phenoxy) is 1. The van der Waals surface area contributed by atoms with Gasteiger partial charge in [0, 0.05) is 38.1 Å². The summed E-state index contributed by atoms with van der Waals surface area (Å²) >= 11 is 6.61. The molecule has 0 fully saturated rings. The van der Waals surface area contributed by atoms with E-state index in [0.29, 0.717) is 45.8 Å². The normalized spacial score (nSPS) is 10.6. The maximum atomic E-state index is 12.8. The minimum absolute atomic E-state index is 0.103. The van der Waals surface area contributed by atoms with Crippen molar-refractivity contribution in [1.29, 1.82) is 0 Å². The molecule has 0 aromatic carbocycles. The maximum Gasteiger partial charge on any atom is 0.341 e. The van der Waals surface area contributed by atoms with E-state index in [2.05, 4.69) is 15.7 Å². The SMILES string of the molecule is CCN(CC)C(=O)c1sc(NC(=S)NCCCn2nccc2C)c(C(=O)OC)c1C. The van der Waals surface area contributed by atoms with Gasteiger partial charge in [0.15, 0.2) is 5.11 Å². The third-order valence-corrected chi connectivity index (χ3v) is 6.21. The first-order valence-electron chi connectivity index (χ1n) is 9.88. The van der Waals surface area contributed by atoms with Crippen LogP contribution in [0.3, 0.4) is 0 Å². The molecule has 10 heteroatoms. The van der Waals surface area contributed by atoms with Crippen molar-refractivity contribution >= 4 is 45.5 Å². The van der Waals surface area contributed by atoms with Gasteiger partial charge in [-0.25, -0.2) is 4.79 Å². The smallest absolute Gasteiger partial charge is 0.341 e. The average molecular weight is 452 g/mol. The van der Waals surface area contributed by atoms with Gasteiger partial charge in [-0.1, -0.05) is 0 Å². The third-order valence-electron chi connectivity index (χ3n) is 4.77. The second-order valence-electron chi connectivity index (χ2n) is 6.66. The number of methoxy groups -OCH3 is 1. The van der Waals surface area contributed by atoms with Crippen LogP contribution in [0.2, 0.25) is 0 Å². The molecule has 0 aliphatic rings. The number of carbonyl (C=O) groups excluding carboxylic acids is 2. The average Bonchev–Trinajstić information content (AvgIpc) is 3.28. The summed E-state index contributed by atoms with van der Waals surface area (Å²) in [5.41, 5.74) is 2.05. The molecule has 164 valence electrons. The summed E-state index contributed by atoms with van der Waals surface area (Å²) in [5.74, 6) is -0.601. The summed E-state index contributed by atoms with van der Waals surface area (Å²) in [7, 11) is 1.32. The van der Waals surface area contributed by atoms with Gasteiger partial charge in [-0.2, -0.15) is 5.10 Å². The zero-order chi connectivity index (χ0) is 22.3. The fourth-order valence-electron chi connectivity index (χ4n) is 3.02. The molecule has 2 N–H and O–H groups in total. The quantitative estimate of drug-likeness (QED) is 0.344.